The highest BCUT2D eigenvalue weighted by atomic mass is 16.7. The molecule has 0 aromatic heterocycles. The zero-order valence-electron chi connectivity index (χ0n) is 11.0. The fourth-order valence-corrected chi connectivity index (χ4v) is 2.44. The molecule has 2 aliphatic rings. The minimum atomic E-state index is -0.484. The first-order valence-corrected chi connectivity index (χ1v) is 6.88. The quantitative estimate of drug-likeness (QED) is 0.579. The van der Waals surface area contributed by atoms with Gasteiger partial charge in [0.25, 0.3) is 11.8 Å². The molecule has 1 unspecified atom stereocenters. The number of nitrogens with zero attached hydrogens (tertiary/aromatic N) is 1. The molecular weight excluding hydrogens is 246 g/mol. The van der Waals surface area contributed by atoms with Gasteiger partial charge in [0.05, 0.1) is 6.42 Å². The van der Waals surface area contributed by atoms with Crippen LogP contribution >= 0.6 is 0 Å². The smallest absolute Gasteiger partial charge is 0.330 e. The van der Waals surface area contributed by atoms with Crippen molar-refractivity contribution < 1.29 is 19.2 Å². The Morgan fingerprint density at radius 1 is 1.21 bits per heavy atom. The Morgan fingerprint density at radius 3 is 2.68 bits per heavy atom. The summed E-state index contributed by atoms with van der Waals surface area (Å²) >= 11 is 0. The molecule has 0 spiro atoms. The SMILES string of the molecule is O=C(CC1C/C=C\CCCC1)ON1C(=O)CCC1=O. The lowest BCUT2D eigenvalue weighted by atomic mass is 9.92. The average Bonchev–Trinajstić information content (AvgIpc) is 2.64. The number of carbonyl (C=O) groups excluding carboxylic acids is 3. The second-order valence-corrected chi connectivity index (χ2v) is 5.11. The van der Waals surface area contributed by atoms with Gasteiger partial charge in [0.2, 0.25) is 0 Å². The van der Waals surface area contributed by atoms with E-state index in [0.717, 1.165) is 32.1 Å². The standard InChI is InChI=1S/C14H19NO4/c16-12-8-9-13(17)15(12)19-14(18)10-11-6-4-2-1-3-5-7-11/h2,4,11H,1,3,5-10H2/b4-2-. The number of imide groups is 1. The van der Waals surface area contributed by atoms with Crippen molar-refractivity contribution in [2.45, 2.75) is 51.4 Å². The molecule has 104 valence electrons. The summed E-state index contributed by atoms with van der Waals surface area (Å²) in [5, 5.41) is 0.626. The highest BCUT2D eigenvalue weighted by molar-refractivity contribution is 6.01. The van der Waals surface area contributed by atoms with Crippen LogP contribution in [-0.2, 0) is 19.2 Å². The molecule has 5 heteroatoms. The van der Waals surface area contributed by atoms with Crippen molar-refractivity contribution in [3.63, 3.8) is 0 Å². The summed E-state index contributed by atoms with van der Waals surface area (Å²) in [5.41, 5.74) is 0. The van der Waals surface area contributed by atoms with Crippen molar-refractivity contribution in [1.29, 1.82) is 0 Å². The lowest BCUT2D eigenvalue weighted by molar-refractivity contribution is -0.198. The monoisotopic (exact) mass is 265 g/mol. The molecule has 0 N–H and O–H groups in total. The van der Waals surface area contributed by atoms with Gasteiger partial charge in [-0.25, -0.2) is 4.79 Å². The Morgan fingerprint density at radius 2 is 1.95 bits per heavy atom. The molecule has 2 rings (SSSR count). The number of hydrogen-bond acceptors (Lipinski definition) is 4. The van der Waals surface area contributed by atoms with E-state index in [9.17, 15) is 14.4 Å². The Bertz CT molecular complexity index is 386. The fourth-order valence-electron chi connectivity index (χ4n) is 2.44. The maximum atomic E-state index is 11.8. The van der Waals surface area contributed by atoms with E-state index in [4.69, 9.17) is 4.84 Å². The Balaban J connectivity index is 1.83. The fraction of sp³-hybridized carbons (Fsp3) is 0.643. The summed E-state index contributed by atoms with van der Waals surface area (Å²) in [7, 11) is 0. The molecule has 1 aliphatic heterocycles. The van der Waals surface area contributed by atoms with Crippen molar-refractivity contribution in [2.75, 3.05) is 0 Å². The largest absolute Gasteiger partial charge is 0.333 e. The van der Waals surface area contributed by atoms with Crippen molar-refractivity contribution in [2.24, 2.45) is 5.92 Å². The van der Waals surface area contributed by atoms with Gasteiger partial charge in [0.15, 0.2) is 0 Å². The number of hydrogen-bond donors (Lipinski definition) is 0. The Hall–Kier alpha value is -1.65. The van der Waals surface area contributed by atoms with Crippen LogP contribution < -0.4 is 0 Å². The predicted octanol–water partition coefficient (Wildman–Crippen LogP) is 2.12. The summed E-state index contributed by atoms with van der Waals surface area (Å²) < 4.78 is 0. The average molecular weight is 265 g/mol. The molecule has 0 radical (unpaired) electrons. The minimum Gasteiger partial charge on any atom is -0.330 e. The molecule has 0 saturated carbocycles. The first kappa shape index (κ1) is 13.8. The van der Waals surface area contributed by atoms with Gasteiger partial charge in [-0.05, 0) is 31.6 Å². The summed E-state index contributed by atoms with van der Waals surface area (Å²) in [4.78, 5) is 39.3. The van der Waals surface area contributed by atoms with E-state index in [-0.39, 0.29) is 25.2 Å². The molecule has 1 atom stereocenters. The van der Waals surface area contributed by atoms with Gasteiger partial charge in [-0.3, -0.25) is 9.59 Å². The molecule has 2 amide bonds. The molecule has 1 saturated heterocycles. The van der Waals surface area contributed by atoms with Crippen LogP contribution in [0, 0.1) is 5.92 Å². The molecule has 1 heterocycles. The number of allylic oxidation sites excluding steroid dienone is 2. The minimum absolute atomic E-state index is 0.137. The molecule has 1 fully saturated rings. The second kappa shape index (κ2) is 6.50. The van der Waals surface area contributed by atoms with Gasteiger partial charge in [-0.15, -0.1) is 5.06 Å². The highest BCUT2D eigenvalue weighted by Gasteiger charge is 2.33. The van der Waals surface area contributed by atoms with Gasteiger partial charge < -0.3 is 4.84 Å². The van der Waals surface area contributed by atoms with Crippen LogP contribution in [0.4, 0.5) is 0 Å². The normalized spacial score (nSPS) is 25.9. The number of rotatable bonds is 3. The Kier molecular flexibility index (Phi) is 4.71. The van der Waals surface area contributed by atoms with E-state index in [2.05, 4.69) is 12.2 Å². The molecule has 19 heavy (non-hydrogen) atoms. The summed E-state index contributed by atoms with van der Waals surface area (Å²) in [6.45, 7) is 0. The lowest BCUT2D eigenvalue weighted by Crippen LogP contribution is -2.32. The van der Waals surface area contributed by atoms with Gasteiger partial charge in [0, 0.05) is 12.8 Å². The van der Waals surface area contributed by atoms with E-state index in [1.54, 1.807) is 0 Å². The van der Waals surface area contributed by atoms with Crippen LogP contribution in [0.15, 0.2) is 12.2 Å². The Labute approximate surface area is 112 Å². The summed E-state index contributed by atoms with van der Waals surface area (Å²) in [6.07, 6.45) is 9.98. The van der Waals surface area contributed by atoms with Crippen LogP contribution in [0.1, 0.15) is 51.4 Å². The first-order valence-electron chi connectivity index (χ1n) is 6.88. The molecule has 0 bridgehead atoms. The molecular formula is C14H19NO4. The third-order valence-electron chi connectivity index (χ3n) is 3.52. The first-order chi connectivity index (χ1) is 9.16. The van der Waals surface area contributed by atoms with Crippen LogP contribution in [0.3, 0.4) is 0 Å². The van der Waals surface area contributed by atoms with E-state index < -0.39 is 17.8 Å². The van der Waals surface area contributed by atoms with Crippen molar-refractivity contribution >= 4 is 17.8 Å². The van der Waals surface area contributed by atoms with E-state index in [1.807, 2.05) is 0 Å². The predicted molar refractivity (Wildman–Crippen MR) is 67.5 cm³/mol. The zero-order chi connectivity index (χ0) is 13.7. The summed E-state index contributed by atoms with van der Waals surface area (Å²) in [6, 6.07) is 0. The van der Waals surface area contributed by atoms with Crippen molar-refractivity contribution in [1.82, 2.24) is 5.06 Å². The van der Waals surface area contributed by atoms with E-state index >= 15 is 0 Å². The van der Waals surface area contributed by atoms with Crippen LogP contribution in [0.2, 0.25) is 0 Å². The van der Waals surface area contributed by atoms with Crippen molar-refractivity contribution in [3.8, 4) is 0 Å². The zero-order valence-corrected chi connectivity index (χ0v) is 11.0. The third kappa shape index (κ3) is 3.91. The van der Waals surface area contributed by atoms with Gasteiger partial charge in [0.1, 0.15) is 0 Å². The number of hydroxylamine groups is 2. The maximum absolute atomic E-state index is 11.8. The molecule has 1 aliphatic carbocycles. The topological polar surface area (TPSA) is 63.7 Å². The second-order valence-electron chi connectivity index (χ2n) is 5.11. The van der Waals surface area contributed by atoms with Gasteiger partial charge >= 0.3 is 5.97 Å². The van der Waals surface area contributed by atoms with Gasteiger partial charge in [-0.1, -0.05) is 18.6 Å². The van der Waals surface area contributed by atoms with Gasteiger partial charge in [-0.2, -0.15) is 0 Å². The van der Waals surface area contributed by atoms with Crippen molar-refractivity contribution in [3.05, 3.63) is 12.2 Å². The van der Waals surface area contributed by atoms with Crippen LogP contribution in [0.5, 0.6) is 0 Å². The lowest BCUT2D eigenvalue weighted by Gasteiger charge is -2.18. The molecule has 0 aromatic carbocycles. The van der Waals surface area contributed by atoms with Crippen LogP contribution in [-0.4, -0.2) is 22.8 Å². The highest BCUT2D eigenvalue weighted by Crippen LogP contribution is 2.22. The third-order valence-corrected chi connectivity index (χ3v) is 3.52. The van der Waals surface area contributed by atoms with E-state index in [0.29, 0.717) is 5.06 Å². The molecule has 5 nitrogen and oxygen atoms in total. The number of amides is 2. The van der Waals surface area contributed by atoms with Crippen LogP contribution in [0.25, 0.3) is 0 Å². The molecule has 0 aromatic rings. The maximum Gasteiger partial charge on any atom is 0.333 e. The summed E-state index contributed by atoms with van der Waals surface area (Å²) in [5.74, 6) is -1.08. The number of carbonyl (C=O) groups is 3. The van der Waals surface area contributed by atoms with E-state index in [1.165, 1.54) is 0 Å².